The minimum atomic E-state index is -0.539. The zero-order valence-electron chi connectivity index (χ0n) is 17.1. The van der Waals surface area contributed by atoms with Crippen LogP contribution in [0.15, 0.2) is 59.0 Å². The van der Waals surface area contributed by atoms with Gasteiger partial charge in [0.1, 0.15) is 16.9 Å². The van der Waals surface area contributed by atoms with Crippen LogP contribution >= 0.6 is 0 Å². The molecule has 29 heavy (non-hydrogen) atoms. The topological polar surface area (TPSA) is 80.6 Å². The number of hydrogen-bond donors (Lipinski definition) is 2. The molecule has 2 amide bonds. The lowest BCUT2D eigenvalue weighted by molar-refractivity contribution is 0.0523. The second-order valence-electron chi connectivity index (χ2n) is 7.93. The first-order valence-corrected chi connectivity index (χ1v) is 9.56. The highest BCUT2D eigenvalue weighted by molar-refractivity contribution is 5.94. The highest BCUT2D eigenvalue weighted by Crippen LogP contribution is 2.23. The van der Waals surface area contributed by atoms with Crippen molar-refractivity contribution in [3.63, 3.8) is 0 Å². The standard InChI is InChI=1S/C23H26N2O4/c1-15(20-13-18-7-5-6-8-19(18)28-20)25-21(26)17-11-9-16(10-12-17)14-24-22(27)29-23(2,3)4/h5-13,15H,14H2,1-4H3,(H,24,27)(H,25,26)/t15-/m1/s1. The van der Waals surface area contributed by atoms with Crippen LogP contribution in [0.3, 0.4) is 0 Å². The summed E-state index contributed by atoms with van der Waals surface area (Å²) in [4.78, 5) is 24.3. The lowest BCUT2D eigenvalue weighted by Crippen LogP contribution is -2.32. The summed E-state index contributed by atoms with van der Waals surface area (Å²) in [7, 11) is 0. The molecule has 1 heterocycles. The highest BCUT2D eigenvalue weighted by atomic mass is 16.6. The predicted octanol–water partition coefficient (Wildman–Crippen LogP) is 4.95. The molecule has 0 bridgehead atoms. The van der Waals surface area contributed by atoms with E-state index in [2.05, 4.69) is 10.6 Å². The van der Waals surface area contributed by atoms with Gasteiger partial charge in [-0.3, -0.25) is 4.79 Å². The molecule has 1 atom stereocenters. The van der Waals surface area contributed by atoms with Gasteiger partial charge >= 0.3 is 6.09 Å². The van der Waals surface area contributed by atoms with E-state index in [4.69, 9.17) is 9.15 Å². The molecule has 0 spiro atoms. The van der Waals surface area contributed by atoms with Gasteiger partial charge in [0.15, 0.2) is 0 Å². The summed E-state index contributed by atoms with van der Waals surface area (Å²) in [5.74, 6) is 0.516. The van der Waals surface area contributed by atoms with Gasteiger partial charge in [0.25, 0.3) is 5.91 Å². The second kappa shape index (κ2) is 8.39. The van der Waals surface area contributed by atoms with E-state index in [1.54, 1.807) is 24.3 Å². The Kier molecular flexibility index (Phi) is 5.92. The van der Waals surface area contributed by atoms with E-state index in [1.165, 1.54) is 0 Å². The molecule has 2 N–H and O–H groups in total. The first kappa shape index (κ1) is 20.5. The van der Waals surface area contributed by atoms with E-state index >= 15 is 0 Å². The van der Waals surface area contributed by atoms with Crippen molar-refractivity contribution in [1.82, 2.24) is 10.6 Å². The van der Waals surface area contributed by atoms with Crippen molar-refractivity contribution in [3.8, 4) is 0 Å². The Bertz CT molecular complexity index is 967. The predicted molar refractivity (Wildman–Crippen MR) is 112 cm³/mol. The number of fused-ring (bicyclic) bond motifs is 1. The van der Waals surface area contributed by atoms with Crippen LogP contribution in [0.1, 0.15) is 55.4 Å². The molecule has 0 saturated heterocycles. The quantitative estimate of drug-likeness (QED) is 0.642. The Morgan fingerprint density at radius 2 is 1.76 bits per heavy atom. The number of furan rings is 1. The average Bonchev–Trinajstić information content (AvgIpc) is 3.10. The Hall–Kier alpha value is -3.28. The number of amides is 2. The number of carbonyl (C=O) groups excluding carboxylic acids is 2. The molecule has 152 valence electrons. The third-order valence-corrected chi connectivity index (χ3v) is 4.27. The van der Waals surface area contributed by atoms with Crippen LogP contribution in [0.4, 0.5) is 4.79 Å². The molecule has 0 radical (unpaired) electrons. The first-order chi connectivity index (χ1) is 13.7. The van der Waals surface area contributed by atoms with Gasteiger partial charge < -0.3 is 19.8 Å². The molecule has 3 rings (SSSR count). The van der Waals surface area contributed by atoms with E-state index in [9.17, 15) is 9.59 Å². The Morgan fingerprint density at radius 3 is 2.41 bits per heavy atom. The van der Waals surface area contributed by atoms with Crippen LogP contribution in [0.2, 0.25) is 0 Å². The normalized spacial score (nSPS) is 12.4. The maximum Gasteiger partial charge on any atom is 0.407 e. The third-order valence-electron chi connectivity index (χ3n) is 4.27. The molecule has 0 unspecified atom stereocenters. The minimum absolute atomic E-state index is 0.190. The molecule has 0 saturated carbocycles. The Morgan fingerprint density at radius 1 is 1.07 bits per heavy atom. The Balaban J connectivity index is 1.56. The van der Waals surface area contributed by atoms with Crippen LogP contribution in [-0.2, 0) is 11.3 Å². The SMILES string of the molecule is C[C@@H](NC(=O)c1ccc(CNC(=O)OC(C)(C)C)cc1)c1cc2ccccc2o1. The first-order valence-electron chi connectivity index (χ1n) is 9.56. The fraction of sp³-hybridized carbons (Fsp3) is 0.304. The third kappa shape index (κ3) is 5.60. The largest absolute Gasteiger partial charge is 0.459 e. The average molecular weight is 394 g/mol. The van der Waals surface area contributed by atoms with Crippen molar-refractivity contribution >= 4 is 23.0 Å². The van der Waals surface area contributed by atoms with E-state index in [1.807, 2.05) is 58.0 Å². The number of hydrogen-bond acceptors (Lipinski definition) is 4. The molecule has 2 aromatic carbocycles. The number of ether oxygens (including phenoxy) is 1. The Labute approximate surface area is 170 Å². The molecule has 6 nitrogen and oxygen atoms in total. The van der Waals surface area contributed by atoms with Crippen LogP contribution < -0.4 is 10.6 Å². The van der Waals surface area contributed by atoms with Crippen molar-refractivity contribution in [2.24, 2.45) is 0 Å². The molecule has 0 aliphatic carbocycles. The number of para-hydroxylation sites is 1. The number of benzene rings is 2. The van der Waals surface area contributed by atoms with Gasteiger partial charge in [0.2, 0.25) is 0 Å². The molecular weight excluding hydrogens is 368 g/mol. The molecule has 0 fully saturated rings. The van der Waals surface area contributed by atoms with Gasteiger partial charge in [0.05, 0.1) is 6.04 Å². The monoisotopic (exact) mass is 394 g/mol. The fourth-order valence-corrected chi connectivity index (χ4v) is 2.83. The summed E-state index contributed by atoms with van der Waals surface area (Å²) in [5.41, 5.74) is 1.67. The van der Waals surface area contributed by atoms with Crippen molar-refractivity contribution in [1.29, 1.82) is 0 Å². The lowest BCUT2D eigenvalue weighted by Gasteiger charge is -2.19. The molecule has 6 heteroatoms. The second-order valence-corrected chi connectivity index (χ2v) is 7.93. The number of carbonyl (C=O) groups is 2. The maximum atomic E-state index is 12.5. The van der Waals surface area contributed by atoms with E-state index in [-0.39, 0.29) is 11.9 Å². The van der Waals surface area contributed by atoms with E-state index in [0.717, 1.165) is 16.5 Å². The summed E-state index contributed by atoms with van der Waals surface area (Å²) < 4.78 is 11.0. The van der Waals surface area contributed by atoms with Crippen molar-refractivity contribution in [2.45, 2.75) is 45.9 Å². The summed E-state index contributed by atoms with van der Waals surface area (Å²) in [5, 5.41) is 6.65. The van der Waals surface area contributed by atoms with Gasteiger partial charge in [-0.25, -0.2) is 4.79 Å². The summed E-state index contributed by atoms with van der Waals surface area (Å²) in [6.45, 7) is 7.64. The lowest BCUT2D eigenvalue weighted by atomic mass is 10.1. The summed E-state index contributed by atoms with van der Waals surface area (Å²) in [6.07, 6.45) is -0.473. The molecule has 0 aliphatic heterocycles. The zero-order chi connectivity index (χ0) is 21.0. The highest BCUT2D eigenvalue weighted by Gasteiger charge is 2.17. The molecule has 1 aromatic heterocycles. The van der Waals surface area contributed by atoms with Gasteiger partial charge in [-0.05, 0) is 57.5 Å². The molecule has 3 aromatic rings. The fourth-order valence-electron chi connectivity index (χ4n) is 2.83. The van der Waals surface area contributed by atoms with Gasteiger partial charge in [-0.1, -0.05) is 30.3 Å². The van der Waals surface area contributed by atoms with Crippen molar-refractivity contribution in [2.75, 3.05) is 0 Å². The van der Waals surface area contributed by atoms with Gasteiger partial charge in [0, 0.05) is 17.5 Å². The number of nitrogens with one attached hydrogen (secondary N) is 2. The van der Waals surface area contributed by atoms with Crippen LogP contribution in [0.25, 0.3) is 11.0 Å². The van der Waals surface area contributed by atoms with Crippen molar-refractivity contribution in [3.05, 3.63) is 71.5 Å². The molecular formula is C23H26N2O4. The molecule has 0 aliphatic rings. The van der Waals surface area contributed by atoms with Crippen LogP contribution in [0, 0.1) is 0 Å². The number of rotatable bonds is 5. The summed E-state index contributed by atoms with van der Waals surface area (Å²) >= 11 is 0. The van der Waals surface area contributed by atoms with Gasteiger partial charge in [-0.15, -0.1) is 0 Å². The minimum Gasteiger partial charge on any atom is -0.459 e. The van der Waals surface area contributed by atoms with Gasteiger partial charge in [-0.2, -0.15) is 0 Å². The maximum absolute atomic E-state index is 12.5. The van der Waals surface area contributed by atoms with Crippen molar-refractivity contribution < 1.29 is 18.7 Å². The van der Waals surface area contributed by atoms with Crippen LogP contribution in [0.5, 0.6) is 0 Å². The number of alkyl carbamates (subject to hydrolysis) is 1. The summed E-state index contributed by atoms with van der Waals surface area (Å²) in [6, 6.07) is 16.5. The smallest absolute Gasteiger partial charge is 0.407 e. The van der Waals surface area contributed by atoms with E-state index in [0.29, 0.717) is 17.9 Å². The van der Waals surface area contributed by atoms with Crippen LogP contribution in [-0.4, -0.2) is 17.6 Å². The van der Waals surface area contributed by atoms with E-state index < -0.39 is 11.7 Å². The zero-order valence-corrected chi connectivity index (χ0v) is 17.1.